The van der Waals surface area contributed by atoms with E-state index in [1.807, 2.05) is 13.8 Å². The van der Waals surface area contributed by atoms with Crippen LogP contribution in [-0.2, 0) is 11.3 Å². The fraction of sp³-hybridized carbons (Fsp3) is 0.435. The molecule has 0 aromatic carbocycles. The molecule has 34 heavy (non-hydrogen) atoms. The Balaban J connectivity index is 1.98. The van der Waals surface area contributed by atoms with Gasteiger partial charge in [0.25, 0.3) is 11.5 Å². The number of hydrogen-bond donors (Lipinski definition) is 3. The standard InChI is InChI=1S/C23H31N7O4/c1-14(2)12-29-21-15(5-8-18(31)28(4)13-16(24)9-10-25-3)11-26-30(21)23(34)19(22(29)33)20(32)27-17-6-7-17/h5,8-11,14,17,33H,6-7,12-13,24H2,1-4H3,(H,27,32)/b8-5+,16-9?,25-10?. The van der Waals surface area contributed by atoms with E-state index in [1.54, 1.807) is 26.4 Å². The number of allylic oxidation sites excluding steroid dienone is 1. The van der Waals surface area contributed by atoms with Crippen molar-refractivity contribution in [3.05, 3.63) is 45.5 Å². The first-order chi connectivity index (χ1) is 16.1. The molecule has 0 saturated heterocycles. The monoisotopic (exact) mass is 469 g/mol. The number of likely N-dealkylation sites (N-methyl/N-ethyl adjacent to an activating group) is 1. The van der Waals surface area contributed by atoms with Crippen LogP contribution in [0.15, 0.2) is 33.8 Å². The first-order valence-corrected chi connectivity index (χ1v) is 11.1. The summed E-state index contributed by atoms with van der Waals surface area (Å²) in [6.07, 6.45) is 9.14. The van der Waals surface area contributed by atoms with Crippen molar-refractivity contribution in [2.75, 3.05) is 20.6 Å². The number of carbonyl (C=O) groups is 2. The zero-order valence-electron chi connectivity index (χ0n) is 19.9. The topological polar surface area (TPSA) is 147 Å². The van der Waals surface area contributed by atoms with Gasteiger partial charge in [0, 0.05) is 50.2 Å². The molecule has 0 unspecified atom stereocenters. The van der Waals surface area contributed by atoms with Crippen molar-refractivity contribution in [1.82, 2.24) is 24.4 Å². The first kappa shape index (κ1) is 24.7. The van der Waals surface area contributed by atoms with Crippen LogP contribution in [0.2, 0.25) is 0 Å². The number of aliphatic imine (C=N–C) groups is 1. The molecule has 3 rings (SSSR count). The molecule has 182 valence electrons. The Kier molecular flexibility index (Phi) is 7.54. The zero-order chi connectivity index (χ0) is 25.0. The Hall–Kier alpha value is -3.89. The summed E-state index contributed by atoms with van der Waals surface area (Å²) in [5.74, 6) is -1.25. The van der Waals surface area contributed by atoms with Crippen LogP contribution in [0.25, 0.3) is 11.7 Å². The van der Waals surface area contributed by atoms with Gasteiger partial charge in [0.15, 0.2) is 5.56 Å². The van der Waals surface area contributed by atoms with Crippen molar-refractivity contribution in [1.29, 1.82) is 0 Å². The van der Waals surface area contributed by atoms with Crippen LogP contribution < -0.4 is 16.6 Å². The van der Waals surface area contributed by atoms with E-state index in [4.69, 9.17) is 5.73 Å². The van der Waals surface area contributed by atoms with E-state index in [2.05, 4.69) is 15.4 Å². The Labute approximate surface area is 197 Å². The van der Waals surface area contributed by atoms with E-state index in [1.165, 1.54) is 27.8 Å². The lowest BCUT2D eigenvalue weighted by Gasteiger charge is -2.17. The molecule has 1 aliphatic carbocycles. The van der Waals surface area contributed by atoms with Crippen molar-refractivity contribution >= 4 is 29.8 Å². The van der Waals surface area contributed by atoms with Gasteiger partial charge < -0.3 is 21.1 Å². The second-order valence-corrected chi connectivity index (χ2v) is 8.77. The summed E-state index contributed by atoms with van der Waals surface area (Å²) in [5.41, 5.74) is 6.03. The Bertz CT molecular complexity index is 1230. The van der Waals surface area contributed by atoms with Gasteiger partial charge in [-0.15, -0.1) is 0 Å². The summed E-state index contributed by atoms with van der Waals surface area (Å²) in [6, 6.07) is 0.0257. The van der Waals surface area contributed by atoms with Crippen molar-refractivity contribution in [3.8, 4) is 5.88 Å². The van der Waals surface area contributed by atoms with Crippen LogP contribution in [0.1, 0.15) is 42.6 Å². The van der Waals surface area contributed by atoms with Gasteiger partial charge >= 0.3 is 0 Å². The van der Waals surface area contributed by atoms with Crippen LogP contribution in [0.5, 0.6) is 5.88 Å². The number of hydrogen-bond acceptors (Lipinski definition) is 7. The van der Waals surface area contributed by atoms with Crippen LogP contribution in [-0.4, -0.2) is 68.9 Å². The molecule has 1 saturated carbocycles. The summed E-state index contributed by atoms with van der Waals surface area (Å²) < 4.78 is 2.57. The lowest BCUT2D eigenvalue weighted by molar-refractivity contribution is -0.124. The number of aromatic nitrogens is 3. The second kappa shape index (κ2) is 10.4. The van der Waals surface area contributed by atoms with E-state index >= 15 is 0 Å². The fourth-order valence-electron chi connectivity index (χ4n) is 3.41. The van der Waals surface area contributed by atoms with Crippen LogP contribution in [0, 0.1) is 5.92 Å². The third kappa shape index (κ3) is 5.53. The number of amides is 2. The van der Waals surface area contributed by atoms with Gasteiger partial charge in [-0.2, -0.15) is 9.61 Å². The molecule has 0 aliphatic heterocycles. The second-order valence-electron chi connectivity index (χ2n) is 8.77. The normalized spacial score (nSPS) is 14.6. The fourth-order valence-corrected chi connectivity index (χ4v) is 3.41. The molecule has 0 radical (unpaired) electrons. The smallest absolute Gasteiger partial charge is 0.291 e. The zero-order valence-corrected chi connectivity index (χ0v) is 19.9. The summed E-state index contributed by atoms with van der Waals surface area (Å²) in [6.45, 7) is 4.44. The molecule has 4 N–H and O–H groups in total. The minimum absolute atomic E-state index is 0.0257. The minimum atomic E-state index is -0.718. The minimum Gasteiger partial charge on any atom is -0.494 e. The summed E-state index contributed by atoms with van der Waals surface area (Å²) in [4.78, 5) is 43.5. The maximum absolute atomic E-state index is 13.0. The number of nitrogens with two attached hydrogens (primary N) is 1. The molecule has 0 bridgehead atoms. The number of carbonyl (C=O) groups excluding carboxylic acids is 2. The quantitative estimate of drug-likeness (QED) is 0.365. The Morgan fingerprint density at radius 1 is 1.41 bits per heavy atom. The lowest BCUT2D eigenvalue weighted by Crippen LogP contribution is -2.34. The molecule has 2 aromatic rings. The van der Waals surface area contributed by atoms with Gasteiger partial charge in [0.05, 0.1) is 12.7 Å². The molecule has 2 amide bonds. The van der Waals surface area contributed by atoms with Crippen molar-refractivity contribution in [3.63, 3.8) is 0 Å². The molecule has 11 nitrogen and oxygen atoms in total. The number of nitrogens with zero attached hydrogens (tertiary/aromatic N) is 5. The number of rotatable bonds is 9. The van der Waals surface area contributed by atoms with E-state index in [-0.39, 0.29) is 30.0 Å². The Morgan fingerprint density at radius 3 is 2.74 bits per heavy atom. The van der Waals surface area contributed by atoms with E-state index in [9.17, 15) is 19.5 Å². The van der Waals surface area contributed by atoms with Gasteiger partial charge in [0.2, 0.25) is 11.8 Å². The third-order valence-corrected chi connectivity index (χ3v) is 5.24. The summed E-state index contributed by atoms with van der Waals surface area (Å²) in [5, 5.41) is 17.8. The maximum atomic E-state index is 13.0. The number of nitrogens with one attached hydrogen (secondary N) is 1. The highest BCUT2D eigenvalue weighted by Crippen LogP contribution is 2.24. The van der Waals surface area contributed by atoms with Gasteiger partial charge in [-0.05, 0) is 30.9 Å². The maximum Gasteiger partial charge on any atom is 0.291 e. The SMILES string of the molecule is CN=CC=C(N)CN(C)C(=O)/C=C/c1cnn2c(=O)c(C(=O)NC3CC3)c(O)n(CC(C)C)c12. The Morgan fingerprint density at radius 2 is 2.12 bits per heavy atom. The van der Waals surface area contributed by atoms with Gasteiger partial charge in [-0.3, -0.25) is 23.9 Å². The first-order valence-electron chi connectivity index (χ1n) is 11.1. The molecular weight excluding hydrogens is 438 g/mol. The highest BCUT2D eigenvalue weighted by molar-refractivity contribution is 5.97. The van der Waals surface area contributed by atoms with Gasteiger partial charge in [-0.1, -0.05) is 13.8 Å². The van der Waals surface area contributed by atoms with E-state index in [0.29, 0.717) is 23.5 Å². The number of aromatic hydroxyl groups is 1. The predicted octanol–water partition coefficient (Wildman–Crippen LogP) is 0.765. The molecule has 0 spiro atoms. The van der Waals surface area contributed by atoms with Gasteiger partial charge in [0.1, 0.15) is 5.65 Å². The average molecular weight is 470 g/mol. The molecule has 2 heterocycles. The average Bonchev–Trinajstić information content (AvgIpc) is 3.48. The van der Waals surface area contributed by atoms with Crippen LogP contribution in [0.3, 0.4) is 0 Å². The van der Waals surface area contributed by atoms with Crippen molar-refractivity contribution in [2.45, 2.75) is 39.3 Å². The van der Waals surface area contributed by atoms with Crippen molar-refractivity contribution in [2.24, 2.45) is 16.6 Å². The molecule has 0 atom stereocenters. The predicted molar refractivity (Wildman–Crippen MR) is 130 cm³/mol. The number of fused-ring (bicyclic) bond motifs is 1. The third-order valence-electron chi connectivity index (χ3n) is 5.24. The highest BCUT2D eigenvalue weighted by Gasteiger charge is 2.29. The molecule has 1 fully saturated rings. The lowest BCUT2D eigenvalue weighted by atomic mass is 10.2. The van der Waals surface area contributed by atoms with E-state index < -0.39 is 17.3 Å². The van der Waals surface area contributed by atoms with Crippen LogP contribution >= 0.6 is 0 Å². The van der Waals surface area contributed by atoms with Crippen molar-refractivity contribution < 1.29 is 14.7 Å². The largest absolute Gasteiger partial charge is 0.494 e. The summed E-state index contributed by atoms with van der Waals surface area (Å²) >= 11 is 0. The van der Waals surface area contributed by atoms with Gasteiger partial charge in [-0.25, -0.2) is 0 Å². The molecule has 11 heteroatoms. The molecular formula is C23H31N7O4. The molecule has 1 aliphatic rings. The summed E-state index contributed by atoms with van der Waals surface area (Å²) in [7, 11) is 3.23. The highest BCUT2D eigenvalue weighted by atomic mass is 16.3. The van der Waals surface area contributed by atoms with Crippen LogP contribution in [0.4, 0.5) is 0 Å². The van der Waals surface area contributed by atoms with E-state index in [0.717, 1.165) is 17.4 Å². The molecule has 2 aromatic heterocycles.